The predicted octanol–water partition coefficient (Wildman–Crippen LogP) is 2.18. The molecule has 0 radical (unpaired) electrons. The first kappa shape index (κ1) is 16.0. The molecule has 116 valence electrons. The molecule has 1 fully saturated rings. The van der Waals surface area contributed by atoms with Gasteiger partial charge in [0.15, 0.2) is 0 Å². The van der Waals surface area contributed by atoms with Crippen LogP contribution in [0.1, 0.15) is 31.2 Å². The van der Waals surface area contributed by atoms with Gasteiger partial charge < -0.3 is 15.4 Å². The molecule has 0 saturated heterocycles. The van der Waals surface area contributed by atoms with Crippen molar-refractivity contribution in [3.8, 4) is 0 Å². The number of nitrogens with zero attached hydrogens (tertiary/aromatic N) is 1. The van der Waals surface area contributed by atoms with E-state index in [1.165, 1.54) is 0 Å². The third-order valence-electron chi connectivity index (χ3n) is 4.29. The van der Waals surface area contributed by atoms with Gasteiger partial charge in [-0.25, -0.2) is 0 Å². The third-order valence-corrected chi connectivity index (χ3v) is 4.29. The van der Waals surface area contributed by atoms with Gasteiger partial charge in [0, 0.05) is 32.7 Å². The topological polar surface area (TPSA) is 55.6 Å². The van der Waals surface area contributed by atoms with Crippen LogP contribution < -0.4 is 5.73 Å². The smallest absolute Gasteiger partial charge is 0.223 e. The highest BCUT2D eigenvalue weighted by molar-refractivity contribution is 5.76. The summed E-state index contributed by atoms with van der Waals surface area (Å²) in [5.41, 5.74) is 7.24. The normalized spacial score (nSPS) is 21.4. The highest BCUT2D eigenvalue weighted by Gasteiger charge is 2.27. The number of nitrogens with two attached hydrogens (primary N) is 1. The molecule has 4 nitrogen and oxygen atoms in total. The maximum atomic E-state index is 12.6. The minimum Gasteiger partial charge on any atom is -0.383 e. The summed E-state index contributed by atoms with van der Waals surface area (Å²) in [7, 11) is 1.66. The molecule has 0 unspecified atom stereocenters. The summed E-state index contributed by atoms with van der Waals surface area (Å²) in [4.78, 5) is 14.5. The second-order valence-electron chi connectivity index (χ2n) is 5.85. The van der Waals surface area contributed by atoms with Crippen LogP contribution in [0.4, 0.5) is 0 Å². The van der Waals surface area contributed by atoms with Crippen molar-refractivity contribution in [3.63, 3.8) is 0 Å². The summed E-state index contributed by atoms with van der Waals surface area (Å²) in [6.07, 6.45) is 3.85. The van der Waals surface area contributed by atoms with E-state index in [1.807, 2.05) is 35.2 Å². The Morgan fingerprint density at radius 2 is 2.10 bits per heavy atom. The van der Waals surface area contributed by atoms with Crippen LogP contribution in [0.25, 0.3) is 0 Å². The van der Waals surface area contributed by atoms with Gasteiger partial charge in [0.25, 0.3) is 0 Å². The number of amides is 1. The lowest BCUT2D eigenvalue weighted by molar-refractivity contribution is -0.133. The van der Waals surface area contributed by atoms with Gasteiger partial charge in [0.05, 0.1) is 6.61 Å². The van der Waals surface area contributed by atoms with E-state index in [4.69, 9.17) is 10.5 Å². The Kier molecular flexibility index (Phi) is 6.21. The number of ether oxygens (including phenoxy) is 1. The van der Waals surface area contributed by atoms with Crippen LogP contribution >= 0.6 is 0 Å². The van der Waals surface area contributed by atoms with E-state index in [0.717, 1.165) is 24.8 Å². The van der Waals surface area contributed by atoms with Gasteiger partial charge in [0.2, 0.25) is 5.91 Å². The molecule has 0 aromatic heterocycles. The van der Waals surface area contributed by atoms with Gasteiger partial charge in [0.1, 0.15) is 0 Å². The van der Waals surface area contributed by atoms with Crippen molar-refractivity contribution in [2.24, 2.45) is 11.7 Å². The van der Waals surface area contributed by atoms with E-state index in [-0.39, 0.29) is 11.9 Å². The zero-order chi connectivity index (χ0) is 15.1. The molecule has 1 aromatic rings. The lowest BCUT2D eigenvalue weighted by Gasteiger charge is -2.25. The van der Waals surface area contributed by atoms with Crippen molar-refractivity contribution in [3.05, 3.63) is 35.9 Å². The molecule has 0 aliphatic heterocycles. The number of methoxy groups -OCH3 is 1. The Morgan fingerprint density at radius 1 is 1.33 bits per heavy atom. The number of hydrogen-bond acceptors (Lipinski definition) is 3. The molecule has 2 N–H and O–H groups in total. The standard InChI is InChI=1S/C17H26N2O2/c1-21-11-10-19(13-14-6-3-2-4-7-14)17(20)12-15-8-5-9-16(15)18/h2-4,6-7,15-16H,5,8-13,18H2,1H3/t15-,16+/m0/s1. The van der Waals surface area contributed by atoms with E-state index in [0.29, 0.717) is 32.0 Å². The summed E-state index contributed by atoms with van der Waals surface area (Å²) in [6, 6.07) is 10.3. The van der Waals surface area contributed by atoms with Gasteiger partial charge in [-0.2, -0.15) is 0 Å². The maximum absolute atomic E-state index is 12.6. The zero-order valence-corrected chi connectivity index (χ0v) is 12.8. The molecule has 21 heavy (non-hydrogen) atoms. The minimum atomic E-state index is 0.190. The fourth-order valence-electron chi connectivity index (χ4n) is 2.97. The second kappa shape index (κ2) is 8.15. The molecule has 4 heteroatoms. The average molecular weight is 290 g/mol. The zero-order valence-electron chi connectivity index (χ0n) is 12.8. The van der Waals surface area contributed by atoms with E-state index < -0.39 is 0 Å². The molecule has 0 bridgehead atoms. The van der Waals surface area contributed by atoms with Crippen LogP contribution in [0.15, 0.2) is 30.3 Å². The lowest BCUT2D eigenvalue weighted by atomic mass is 9.99. The minimum absolute atomic E-state index is 0.190. The molecule has 2 rings (SSSR count). The predicted molar refractivity (Wildman–Crippen MR) is 83.7 cm³/mol. The lowest BCUT2D eigenvalue weighted by Crippen LogP contribution is -2.36. The quantitative estimate of drug-likeness (QED) is 0.837. The largest absolute Gasteiger partial charge is 0.383 e. The van der Waals surface area contributed by atoms with E-state index in [2.05, 4.69) is 0 Å². The molecule has 0 heterocycles. The number of hydrogen-bond donors (Lipinski definition) is 1. The SMILES string of the molecule is COCCN(Cc1ccccc1)C(=O)C[C@@H]1CCC[C@H]1N. The van der Waals surface area contributed by atoms with Gasteiger partial charge in [-0.1, -0.05) is 36.8 Å². The fourth-order valence-corrected chi connectivity index (χ4v) is 2.97. The van der Waals surface area contributed by atoms with Crippen molar-refractivity contribution in [2.45, 2.75) is 38.3 Å². The van der Waals surface area contributed by atoms with Gasteiger partial charge in [-0.15, -0.1) is 0 Å². The van der Waals surface area contributed by atoms with Crippen molar-refractivity contribution >= 4 is 5.91 Å². The summed E-state index contributed by atoms with van der Waals surface area (Å²) in [5.74, 6) is 0.538. The highest BCUT2D eigenvalue weighted by atomic mass is 16.5. The average Bonchev–Trinajstić information content (AvgIpc) is 2.89. The monoisotopic (exact) mass is 290 g/mol. The van der Waals surface area contributed by atoms with Crippen LogP contribution in [-0.4, -0.2) is 37.1 Å². The summed E-state index contributed by atoms with van der Waals surface area (Å²) in [6.45, 7) is 1.84. The Balaban J connectivity index is 1.95. The number of carbonyl (C=O) groups excluding carboxylic acids is 1. The Bertz CT molecular complexity index is 436. The number of benzene rings is 1. The molecule has 2 atom stereocenters. The molecular weight excluding hydrogens is 264 g/mol. The van der Waals surface area contributed by atoms with Crippen LogP contribution in [-0.2, 0) is 16.1 Å². The first-order valence-electron chi connectivity index (χ1n) is 7.77. The van der Waals surface area contributed by atoms with E-state index in [1.54, 1.807) is 7.11 Å². The molecule has 1 saturated carbocycles. The van der Waals surface area contributed by atoms with Crippen LogP contribution in [0.2, 0.25) is 0 Å². The van der Waals surface area contributed by atoms with Crippen molar-refractivity contribution < 1.29 is 9.53 Å². The molecule has 1 aliphatic carbocycles. The first-order valence-corrected chi connectivity index (χ1v) is 7.77. The fraction of sp³-hybridized carbons (Fsp3) is 0.588. The molecule has 1 aliphatic rings. The summed E-state index contributed by atoms with van der Waals surface area (Å²) >= 11 is 0. The van der Waals surface area contributed by atoms with Gasteiger partial charge in [-0.05, 0) is 24.3 Å². The van der Waals surface area contributed by atoms with E-state index in [9.17, 15) is 4.79 Å². The van der Waals surface area contributed by atoms with Crippen LogP contribution in [0.5, 0.6) is 0 Å². The van der Waals surface area contributed by atoms with Gasteiger partial charge >= 0.3 is 0 Å². The van der Waals surface area contributed by atoms with Crippen LogP contribution in [0, 0.1) is 5.92 Å². The first-order chi connectivity index (χ1) is 10.2. The molecule has 1 aromatic carbocycles. The van der Waals surface area contributed by atoms with Crippen molar-refractivity contribution in [1.29, 1.82) is 0 Å². The molecular formula is C17H26N2O2. The summed E-state index contributed by atoms with van der Waals surface area (Å²) < 4.78 is 5.13. The number of carbonyl (C=O) groups is 1. The second-order valence-corrected chi connectivity index (χ2v) is 5.85. The molecule has 0 spiro atoms. The van der Waals surface area contributed by atoms with Crippen molar-refractivity contribution in [1.82, 2.24) is 4.90 Å². The highest BCUT2D eigenvalue weighted by Crippen LogP contribution is 2.27. The Morgan fingerprint density at radius 3 is 2.71 bits per heavy atom. The van der Waals surface area contributed by atoms with E-state index >= 15 is 0 Å². The summed E-state index contributed by atoms with van der Waals surface area (Å²) in [5, 5.41) is 0. The Hall–Kier alpha value is -1.39. The maximum Gasteiger partial charge on any atom is 0.223 e. The van der Waals surface area contributed by atoms with Crippen LogP contribution in [0.3, 0.4) is 0 Å². The Labute approximate surface area is 127 Å². The number of rotatable bonds is 7. The van der Waals surface area contributed by atoms with Gasteiger partial charge in [-0.3, -0.25) is 4.79 Å². The molecule has 1 amide bonds. The third kappa shape index (κ3) is 4.83. The van der Waals surface area contributed by atoms with Crippen molar-refractivity contribution in [2.75, 3.05) is 20.3 Å².